The summed E-state index contributed by atoms with van der Waals surface area (Å²) < 4.78 is 5.34. The van der Waals surface area contributed by atoms with Crippen LogP contribution in [0.2, 0.25) is 0 Å². The average Bonchev–Trinajstić information content (AvgIpc) is 1.54. The number of alkyl carbamates (subject to hydrolysis) is 1. The molecule has 0 bridgehead atoms. The summed E-state index contributed by atoms with van der Waals surface area (Å²) in [4.78, 5) is 197. The number of hydrogen-bond acceptors (Lipinski definition) is 18. The summed E-state index contributed by atoms with van der Waals surface area (Å²) in [5.41, 5.74) is 4.10. The summed E-state index contributed by atoms with van der Waals surface area (Å²) in [5, 5.41) is 34.4. The zero-order valence-electron chi connectivity index (χ0n) is 69.7. The smallest absolute Gasteiger partial charge is 0.411 e. The van der Waals surface area contributed by atoms with Gasteiger partial charge in [0.2, 0.25) is 58.8 Å². The predicted octanol–water partition coefficient (Wildman–Crippen LogP) is 5.17. The van der Waals surface area contributed by atoms with Crippen molar-refractivity contribution in [1.29, 1.82) is 0 Å². The van der Waals surface area contributed by atoms with Crippen LogP contribution in [0.1, 0.15) is 201 Å². The van der Waals surface area contributed by atoms with Gasteiger partial charge in [0.05, 0.1) is 24.2 Å². The topological polar surface area (TPSA) is 435 Å². The van der Waals surface area contributed by atoms with Crippen LogP contribution in [0, 0.1) is 95.9 Å². The molecule has 31 nitrogen and oxygen atoms in total. The minimum Gasteiger partial charge on any atom is -0.411 e. The van der Waals surface area contributed by atoms with Gasteiger partial charge >= 0.3 is 12.1 Å². The molecule has 3 saturated heterocycles. The number of fused-ring (bicyclic) bond motifs is 3. The van der Waals surface area contributed by atoms with E-state index in [-0.39, 0.29) is 100.0 Å². The Bertz CT molecular complexity index is 3640. The van der Waals surface area contributed by atoms with Crippen LogP contribution in [0.15, 0.2) is 24.0 Å². The molecule has 11 N–H and O–H groups in total. The summed E-state index contributed by atoms with van der Waals surface area (Å²) in [6.45, 7) is 34.3. The Morgan fingerprint density at radius 3 is 1.06 bits per heavy atom. The van der Waals surface area contributed by atoms with Crippen LogP contribution in [0.25, 0.3) is 0 Å². The third-order valence-corrected chi connectivity index (χ3v) is 25.6. The Morgan fingerprint density at radius 2 is 0.812 bits per heavy atom. The molecule has 0 aromatic rings. The molecule has 0 aromatic heterocycles. The van der Waals surface area contributed by atoms with Crippen molar-refractivity contribution in [2.45, 2.75) is 262 Å². The number of allylic oxidation sites excluding steroid dienone is 1. The summed E-state index contributed by atoms with van der Waals surface area (Å²) in [7, 11) is 5.65. The molecule has 7 aliphatic carbocycles. The van der Waals surface area contributed by atoms with E-state index in [0.29, 0.717) is 50.7 Å². The van der Waals surface area contributed by atoms with Gasteiger partial charge in [-0.05, 0) is 123 Å². The second-order valence-electron chi connectivity index (χ2n) is 37.0. The Hall–Kier alpha value is -8.09. The van der Waals surface area contributed by atoms with Crippen molar-refractivity contribution in [2.75, 3.05) is 47.8 Å². The molecule has 6 saturated carbocycles. The number of likely N-dealkylation sites (tertiary alicyclic amines) is 3. The van der Waals surface area contributed by atoms with Crippen molar-refractivity contribution in [3.05, 3.63) is 34.1 Å². The number of nitrogens with two attached hydrogens (primary N) is 1. The monoisotopic (exact) mass is 1590 g/mol. The SMILES string of the molecule is CC.CNC(=O)C(=O)C(CC1CCC1)NC(=O)[C@@H]1[C@@H]2[C@H](CN1C(=O)[C@@H](N)C(C)(C)C)C2(C)C.CNC(=O)C(=O)C(CC1CCC1)NC(=O)[C@@H]1[C@@H]2[C@H](CN1C(=O)[C@@H](NC(=O)OC1=CCC([N+](=O)[O-])C=C1)C(C)(C)C)C2(C)C.CNC(=O)N[C@H](C(=O)N1C[C@H]2[C@@H]([C@H]1C(=O)NC(CC1CCC1)C(=O)C(=O)NC)C2(C)C)C(C)(C)C.Cl. The molecule has 3 aliphatic heterocycles. The minimum absolute atomic E-state index is 0. The number of nitrogens with zero attached hydrogens (tertiary/aromatic N) is 4. The van der Waals surface area contributed by atoms with Crippen molar-refractivity contribution in [3.63, 3.8) is 0 Å². The largest absolute Gasteiger partial charge is 0.413 e. The van der Waals surface area contributed by atoms with Gasteiger partial charge in [-0.2, -0.15) is 0 Å². The summed E-state index contributed by atoms with van der Waals surface area (Å²) in [6.07, 6.45) is 13.6. The lowest BCUT2D eigenvalue weighted by atomic mass is 9.80. The fourth-order valence-electron chi connectivity index (χ4n) is 17.4. The molecule has 12 amide bonds. The number of ketones is 3. The summed E-state index contributed by atoms with van der Waals surface area (Å²) >= 11 is 0. The molecule has 3 heterocycles. The van der Waals surface area contributed by atoms with E-state index in [9.17, 15) is 77.2 Å². The van der Waals surface area contributed by atoms with Crippen molar-refractivity contribution in [2.24, 2.45) is 91.5 Å². The van der Waals surface area contributed by atoms with E-state index in [2.05, 4.69) is 75.5 Å². The number of urea groups is 1. The van der Waals surface area contributed by atoms with Gasteiger partial charge in [-0.3, -0.25) is 67.6 Å². The molecule has 10 rings (SSSR count). The fraction of sp³-hybridized carbons (Fsp3) is 0.775. The maximum Gasteiger partial charge on any atom is 0.413 e. The van der Waals surface area contributed by atoms with Gasteiger partial charge in [0.15, 0.2) is 0 Å². The van der Waals surface area contributed by atoms with Crippen LogP contribution in [-0.4, -0.2) is 211 Å². The minimum atomic E-state index is -1.06. The number of carbonyl (C=O) groups excluding carboxylic acids is 14. The van der Waals surface area contributed by atoms with Crippen molar-refractivity contribution < 1.29 is 76.8 Å². The molecule has 0 aromatic carbocycles. The normalized spacial score (nSPS) is 26.7. The summed E-state index contributed by atoms with van der Waals surface area (Å²) in [5.74, 6) is -5.19. The zero-order valence-corrected chi connectivity index (χ0v) is 70.5. The number of amides is 12. The quantitative estimate of drug-likeness (QED) is 0.0320. The van der Waals surface area contributed by atoms with Crippen LogP contribution in [0.5, 0.6) is 0 Å². The van der Waals surface area contributed by atoms with Crippen LogP contribution >= 0.6 is 12.4 Å². The molecule has 628 valence electrons. The highest BCUT2D eigenvalue weighted by molar-refractivity contribution is 6.39. The highest BCUT2D eigenvalue weighted by Gasteiger charge is 2.72. The Morgan fingerprint density at radius 1 is 0.500 bits per heavy atom. The third-order valence-electron chi connectivity index (χ3n) is 25.6. The number of nitrogens with one attached hydrogen (secondary N) is 9. The number of rotatable bonds is 25. The van der Waals surface area contributed by atoms with Gasteiger partial charge in [0.1, 0.15) is 36.0 Å². The molecule has 112 heavy (non-hydrogen) atoms. The highest BCUT2D eigenvalue weighted by Crippen LogP contribution is 2.67. The van der Waals surface area contributed by atoms with Gasteiger partial charge < -0.3 is 73.0 Å². The zero-order chi connectivity index (χ0) is 83.4. The number of ether oxygens (including phenoxy) is 1. The van der Waals surface area contributed by atoms with E-state index in [1.54, 1.807) is 30.6 Å². The van der Waals surface area contributed by atoms with Crippen LogP contribution in [0.4, 0.5) is 9.59 Å². The number of Topliss-reactive ketones (excluding diaryl/α,β-unsaturated/α-hetero) is 3. The summed E-state index contributed by atoms with van der Waals surface area (Å²) in [6, 6.07) is -9.07. The van der Waals surface area contributed by atoms with E-state index >= 15 is 0 Å². The number of hydrogen-bond donors (Lipinski definition) is 10. The van der Waals surface area contributed by atoms with Crippen LogP contribution < -0.4 is 53.6 Å². The van der Waals surface area contributed by atoms with Crippen molar-refractivity contribution in [1.82, 2.24) is 62.6 Å². The van der Waals surface area contributed by atoms with E-state index in [1.165, 1.54) is 51.3 Å². The lowest BCUT2D eigenvalue weighted by molar-refractivity contribution is -0.508. The molecule has 16 atom stereocenters. The van der Waals surface area contributed by atoms with Crippen LogP contribution in [0.3, 0.4) is 0 Å². The predicted molar refractivity (Wildman–Crippen MR) is 420 cm³/mol. The fourth-order valence-corrected chi connectivity index (χ4v) is 17.4. The van der Waals surface area contributed by atoms with E-state index in [1.807, 2.05) is 69.2 Å². The Balaban J connectivity index is 0.000000261. The maximum absolute atomic E-state index is 14.1. The Kier molecular flexibility index (Phi) is 30.3. The second kappa shape index (κ2) is 36.6. The standard InChI is InChI=1S/C30H43N5O8.C25H41N5O5.C23H38N4O4.C2H6.ClH/c1-29(2,3)24(33-28(40)43-18-12-10-17(11-13-18)35(41)42)27(39)34-15-19-21(30(19,4)5)22(34)25(37)32-20(14-16-8-7-9-16)23(36)26(38)31-6;1-24(2,3)19(29-23(35)27-7)22(34)30-12-14-16(25(14,4)5)17(30)20(32)28-15(11-13-9-8-10-13)18(31)21(33)26-6;1-22(2,3)18(24)21(31)27-11-13-15(23(13,4)5)16(27)19(29)26-14(10-12-8-7-9-12)17(28)20(30)25-6;1-2;/h10,12-13,16-17,19-22,24H,7-9,11,14-15H2,1-6H3,(H,31,38)(H,32,37)(H,33,40);13-17,19H,8-12H2,1-7H3,(H,26,33)(H,28,32)(H2,27,29,35);12-16,18H,7-11,24H2,1-6H3,(H,25,30)(H,26,29);1-2H3;1H/t17?,19-,20?,21-,22-,24+;14-,15?,16-,17-,19+;13-,14?,15-,16-,18+;;/m000../s1. The Labute approximate surface area is 666 Å². The first-order valence-electron chi connectivity index (χ1n) is 39.9. The number of nitro groups is 1. The number of carbonyl (C=O) groups is 14. The third kappa shape index (κ3) is 20.7. The number of halogens is 1. The number of piperidine rings is 3. The van der Waals surface area contributed by atoms with Crippen LogP contribution in [-0.2, 0) is 62.3 Å². The average molecular weight is 1590 g/mol. The van der Waals surface area contributed by atoms with Gasteiger partial charge in [-0.1, -0.05) is 175 Å². The maximum atomic E-state index is 14.1. The lowest BCUT2D eigenvalue weighted by Crippen LogP contribution is -2.61. The van der Waals surface area contributed by atoms with Gasteiger partial charge in [0.25, 0.3) is 17.7 Å². The van der Waals surface area contributed by atoms with E-state index in [0.717, 1.165) is 57.8 Å². The molecular formula is C80H129ClN14O17. The highest BCUT2D eigenvalue weighted by atomic mass is 35.5. The van der Waals surface area contributed by atoms with Crippen molar-refractivity contribution in [3.8, 4) is 0 Å². The van der Waals surface area contributed by atoms with Gasteiger partial charge in [-0.15, -0.1) is 12.4 Å². The lowest BCUT2D eigenvalue weighted by Gasteiger charge is -2.38. The first kappa shape index (κ1) is 92.8. The van der Waals surface area contributed by atoms with Gasteiger partial charge in [-0.25, -0.2) is 9.59 Å². The first-order valence-corrected chi connectivity index (χ1v) is 39.9. The van der Waals surface area contributed by atoms with Gasteiger partial charge in [0, 0.05) is 59.2 Å². The first-order chi connectivity index (χ1) is 51.6. The molecule has 0 radical (unpaired) electrons. The van der Waals surface area contributed by atoms with E-state index in [4.69, 9.17) is 10.5 Å². The molecule has 0 spiro atoms. The molecular weight excluding hydrogens is 1460 g/mol. The second-order valence-corrected chi connectivity index (χ2v) is 37.0. The molecule has 10 aliphatic rings. The molecule has 9 fully saturated rings. The number of likely N-dealkylation sites (N-methyl/N-ethyl adjacent to an activating group) is 3. The van der Waals surface area contributed by atoms with Crippen molar-refractivity contribution >= 4 is 95.0 Å². The van der Waals surface area contributed by atoms with E-state index < -0.39 is 147 Å². The molecule has 4 unspecified atom stereocenters. The molecule has 32 heteroatoms.